The van der Waals surface area contributed by atoms with Crippen molar-refractivity contribution in [3.63, 3.8) is 0 Å². The van der Waals surface area contributed by atoms with Crippen LogP contribution in [-0.4, -0.2) is 67.5 Å². The maximum Gasteiger partial charge on any atom is 0.293 e. The van der Waals surface area contributed by atoms with E-state index in [2.05, 4.69) is 20.0 Å². The van der Waals surface area contributed by atoms with Gasteiger partial charge in [-0.2, -0.15) is 4.98 Å². The fourth-order valence-corrected chi connectivity index (χ4v) is 5.05. The van der Waals surface area contributed by atoms with Crippen LogP contribution in [0.4, 0.5) is 0 Å². The van der Waals surface area contributed by atoms with Gasteiger partial charge in [0.2, 0.25) is 5.82 Å². The fourth-order valence-electron chi connectivity index (χ4n) is 5.05. The summed E-state index contributed by atoms with van der Waals surface area (Å²) in [5, 5.41) is 4.35. The molecule has 2 aliphatic carbocycles. The molecule has 0 unspecified atom stereocenters. The molecule has 132 valence electrons. The average Bonchev–Trinajstić information content (AvgIpc) is 3.36. The predicted molar refractivity (Wildman–Crippen MR) is 92.2 cm³/mol. The highest BCUT2D eigenvalue weighted by Gasteiger charge is 2.43. The summed E-state index contributed by atoms with van der Waals surface area (Å²) >= 11 is 0. The molecule has 3 heterocycles. The number of nitrogens with zero attached hydrogens (tertiary/aromatic N) is 6. The number of carbonyl (C=O) groups is 1. The number of rotatable bonds is 2. The van der Waals surface area contributed by atoms with Crippen molar-refractivity contribution in [1.29, 1.82) is 0 Å². The van der Waals surface area contributed by atoms with Crippen LogP contribution in [0.2, 0.25) is 0 Å². The third kappa shape index (κ3) is 2.52. The van der Waals surface area contributed by atoms with Crippen molar-refractivity contribution in [2.75, 3.05) is 26.2 Å². The summed E-state index contributed by atoms with van der Waals surface area (Å²) in [7, 11) is 0. The van der Waals surface area contributed by atoms with Crippen LogP contribution in [0.25, 0.3) is 5.78 Å². The molecule has 3 fully saturated rings. The Labute approximate surface area is 147 Å². The Balaban J connectivity index is 1.27. The first-order chi connectivity index (χ1) is 12.2. The highest BCUT2D eigenvalue weighted by Crippen LogP contribution is 2.46. The number of fused-ring (bicyclic) bond motifs is 3. The quantitative estimate of drug-likeness (QED) is 0.826. The van der Waals surface area contributed by atoms with Gasteiger partial charge >= 0.3 is 0 Å². The number of aryl methyl sites for hydroxylation is 1. The van der Waals surface area contributed by atoms with Gasteiger partial charge in [-0.25, -0.2) is 9.50 Å². The number of amides is 1. The van der Waals surface area contributed by atoms with Gasteiger partial charge in [-0.05, 0) is 44.1 Å². The summed E-state index contributed by atoms with van der Waals surface area (Å²) in [6.45, 7) is 5.43. The molecule has 3 aliphatic rings. The van der Waals surface area contributed by atoms with Gasteiger partial charge in [-0.1, -0.05) is 6.42 Å². The predicted octanol–water partition coefficient (Wildman–Crippen LogP) is 1.38. The first-order valence-corrected chi connectivity index (χ1v) is 9.41. The zero-order valence-electron chi connectivity index (χ0n) is 14.6. The normalized spacial score (nSPS) is 29.6. The van der Waals surface area contributed by atoms with Crippen LogP contribution in [0.5, 0.6) is 0 Å². The third-order valence-electron chi connectivity index (χ3n) is 6.39. The number of aromatic nitrogens is 4. The van der Waals surface area contributed by atoms with Crippen molar-refractivity contribution >= 4 is 11.7 Å². The van der Waals surface area contributed by atoms with E-state index in [-0.39, 0.29) is 11.7 Å². The van der Waals surface area contributed by atoms with Gasteiger partial charge in [0.1, 0.15) is 0 Å². The minimum absolute atomic E-state index is 0.0718. The minimum atomic E-state index is -0.0718. The van der Waals surface area contributed by atoms with E-state index in [0.29, 0.717) is 5.78 Å². The molecule has 1 aliphatic heterocycles. The van der Waals surface area contributed by atoms with E-state index in [1.54, 1.807) is 10.7 Å². The minimum Gasteiger partial charge on any atom is -0.333 e. The van der Waals surface area contributed by atoms with Crippen molar-refractivity contribution in [3.05, 3.63) is 23.8 Å². The molecule has 1 saturated heterocycles. The molecule has 2 saturated carbocycles. The average molecular weight is 340 g/mol. The van der Waals surface area contributed by atoms with Crippen LogP contribution in [-0.2, 0) is 0 Å². The van der Waals surface area contributed by atoms with Crippen LogP contribution in [0, 0.1) is 18.8 Å². The zero-order chi connectivity index (χ0) is 17.0. The lowest BCUT2D eigenvalue weighted by atomic mass is 9.93. The van der Waals surface area contributed by atoms with Crippen molar-refractivity contribution in [1.82, 2.24) is 29.4 Å². The SMILES string of the molecule is Cc1ccnc2nc(C(=O)N3CCN([C@H]4C[C@H]5CC[C@H]4C5)CC3)nn12. The van der Waals surface area contributed by atoms with E-state index in [4.69, 9.17) is 0 Å². The standard InChI is InChI=1S/C18H24N6O/c1-12-4-5-19-18-20-16(21-24(12)18)17(25)23-8-6-22(7-9-23)15-11-13-2-3-14(15)10-13/h4-5,13-15H,2-3,6-11H2,1H3/t13-,14-,15-/m0/s1. The molecule has 2 aromatic rings. The lowest BCUT2D eigenvalue weighted by Crippen LogP contribution is -2.53. The smallest absolute Gasteiger partial charge is 0.293 e. The van der Waals surface area contributed by atoms with Gasteiger partial charge in [0.15, 0.2) is 0 Å². The van der Waals surface area contributed by atoms with E-state index in [9.17, 15) is 4.79 Å². The summed E-state index contributed by atoms with van der Waals surface area (Å²) < 4.78 is 1.64. The maximum absolute atomic E-state index is 12.8. The van der Waals surface area contributed by atoms with Gasteiger partial charge in [-0.3, -0.25) is 9.69 Å². The number of piperazine rings is 1. The Morgan fingerprint density at radius 2 is 2.00 bits per heavy atom. The molecule has 1 amide bonds. The molecule has 25 heavy (non-hydrogen) atoms. The second-order valence-electron chi connectivity index (χ2n) is 7.80. The van der Waals surface area contributed by atoms with Gasteiger partial charge in [0, 0.05) is 44.1 Å². The Morgan fingerprint density at radius 3 is 2.68 bits per heavy atom. The molecule has 2 bridgehead atoms. The third-order valence-corrected chi connectivity index (χ3v) is 6.39. The zero-order valence-corrected chi connectivity index (χ0v) is 14.6. The number of carbonyl (C=O) groups excluding carboxylic acids is 1. The van der Waals surface area contributed by atoms with E-state index >= 15 is 0 Å². The van der Waals surface area contributed by atoms with Crippen LogP contribution in [0.15, 0.2) is 12.3 Å². The van der Waals surface area contributed by atoms with Crippen LogP contribution in [0.3, 0.4) is 0 Å². The fraction of sp³-hybridized carbons (Fsp3) is 0.667. The molecule has 0 radical (unpaired) electrons. The maximum atomic E-state index is 12.8. The molecule has 5 rings (SSSR count). The summed E-state index contributed by atoms with van der Waals surface area (Å²) in [5.41, 5.74) is 0.928. The molecule has 3 atom stereocenters. The Bertz CT molecular complexity index is 809. The summed E-state index contributed by atoms with van der Waals surface area (Å²) in [4.78, 5) is 25.8. The lowest BCUT2D eigenvalue weighted by molar-refractivity contribution is 0.0486. The summed E-state index contributed by atoms with van der Waals surface area (Å²) in [5.74, 6) is 2.55. The second-order valence-corrected chi connectivity index (χ2v) is 7.80. The molecular weight excluding hydrogens is 316 g/mol. The number of hydrogen-bond donors (Lipinski definition) is 0. The van der Waals surface area contributed by atoms with Crippen LogP contribution < -0.4 is 0 Å². The lowest BCUT2D eigenvalue weighted by Gasteiger charge is -2.40. The summed E-state index contributed by atoms with van der Waals surface area (Å²) in [6, 6.07) is 2.63. The van der Waals surface area contributed by atoms with Crippen molar-refractivity contribution in [2.45, 2.75) is 38.6 Å². The van der Waals surface area contributed by atoms with Crippen molar-refractivity contribution in [3.8, 4) is 0 Å². The Hall–Kier alpha value is -2.02. The molecule has 0 N–H and O–H groups in total. The molecule has 0 aromatic carbocycles. The highest BCUT2D eigenvalue weighted by molar-refractivity contribution is 5.91. The number of hydrogen-bond acceptors (Lipinski definition) is 5. The van der Waals surface area contributed by atoms with E-state index < -0.39 is 0 Å². The van der Waals surface area contributed by atoms with E-state index in [1.165, 1.54) is 25.7 Å². The Kier molecular flexibility index (Phi) is 3.51. The molecule has 0 spiro atoms. The molecule has 2 aromatic heterocycles. The monoisotopic (exact) mass is 340 g/mol. The van der Waals surface area contributed by atoms with E-state index in [1.807, 2.05) is 17.9 Å². The topological polar surface area (TPSA) is 66.6 Å². The van der Waals surface area contributed by atoms with Gasteiger partial charge < -0.3 is 4.90 Å². The molecular formula is C18H24N6O. The highest BCUT2D eigenvalue weighted by atomic mass is 16.2. The van der Waals surface area contributed by atoms with Crippen LogP contribution in [0.1, 0.15) is 42.0 Å². The Morgan fingerprint density at radius 1 is 1.16 bits per heavy atom. The van der Waals surface area contributed by atoms with Crippen molar-refractivity contribution < 1.29 is 4.79 Å². The largest absolute Gasteiger partial charge is 0.333 e. The van der Waals surface area contributed by atoms with Crippen LogP contribution >= 0.6 is 0 Å². The summed E-state index contributed by atoms with van der Waals surface area (Å²) in [6.07, 6.45) is 7.35. The second kappa shape index (κ2) is 5.76. The first-order valence-electron chi connectivity index (χ1n) is 9.41. The van der Waals surface area contributed by atoms with Gasteiger partial charge in [-0.15, -0.1) is 5.10 Å². The van der Waals surface area contributed by atoms with Gasteiger partial charge in [0.25, 0.3) is 11.7 Å². The van der Waals surface area contributed by atoms with E-state index in [0.717, 1.165) is 49.8 Å². The molecule has 7 nitrogen and oxygen atoms in total. The van der Waals surface area contributed by atoms with Gasteiger partial charge in [0.05, 0.1) is 0 Å². The first kappa shape index (κ1) is 15.3. The van der Waals surface area contributed by atoms with Crippen molar-refractivity contribution in [2.24, 2.45) is 11.8 Å². The molecule has 7 heteroatoms.